The third-order valence-corrected chi connectivity index (χ3v) is 4.41. The van der Waals surface area contributed by atoms with Gasteiger partial charge < -0.3 is 9.15 Å². The molecule has 6 nitrogen and oxygen atoms in total. The number of pyridine rings is 1. The predicted octanol–water partition coefficient (Wildman–Crippen LogP) is 3.18. The summed E-state index contributed by atoms with van der Waals surface area (Å²) >= 11 is 2.71. The van der Waals surface area contributed by atoms with Gasteiger partial charge in [0.15, 0.2) is 5.78 Å². The number of carbonyl (C=O) groups is 1. The minimum absolute atomic E-state index is 0.106. The molecule has 0 aromatic carbocycles. The van der Waals surface area contributed by atoms with Crippen LogP contribution in [0.4, 0.5) is 0 Å². The Hall–Kier alpha value is -2.19. The molecule has 0 atom stereocenters. The molecule has 112 valence electrons. The van der Waals surface area contributed by atoms with Gasteiger partial charge in [0.05, 0.1) is 23.3 Å². The van der Waals surface area contributed by atoms with Gasteiger partial charge in [-0.1, -0.05) is 17.8 Å². The zero-order valence-corrected chi connectivity index (χ0v) is 13.2. The van der Waals surface area contributed by atoms with E-state index in [1.165, 1.54) is 30.2 Å². The number of hydrogen-bond donors (Lipinski definition) is 0. The Morgan fingerprint density at radius 1 is 1.36 bits per heavy atom. The highest BCUT2D eigenvalue weighted by atomic mass is 32.2. The van der Waals surface area contributed by atoms with Crippen molar-refractivity contribution in [2.75, 3.05) is 12.9 Å². The second-order valence-corrected chi connectivity index (χ2v) is 6.00. The molecule has 0 bridgehead atoms. The molecule has 3 heterocycles. The number of nitrogens with zero attached hydrogens (tertiary/aromatic N) is 3. The van der Waals surface area contributed by atoms with E-state index in [0.717, 1.165) is 4.88 Å². The van der Waals surface area contributed by atoms with Crippen molar-refractivity contribution in [3.63, 3.8) is 0 Å². The zero-order chi connectivity index (χ0) is 15.4. The lowest BCUT2D eigenvalue weighted by atomic mass is 10.2. The molecule has 0 radical (unpaired) electrons. The number of hydrogen-bond acceptors (Lipinski definition) is 8. The molecule has 22 heavy (non-hydrogen) atoms. The summed E-state index contributed by atoms with van der Waals surface area (Å²) in [7, 11) is 1.48. The molecular formula is C14H11N3O3S2. The highest BCUT2D eigenvalue weighted by molar-refractivity contribution is 7.99. The van der Waals surface area contributed by atoms with Crippen LogP contribution in [-0.4, -0.2) is 33.8 Å². The van der Waals surface area contributed by atoms with Crippen LogP contribution in [0, 0.1) is 0 Å². The first-order valence-corrected chi connectivity index (χ1v) is 8.17. The van der Waals surface area contributed by atoms with Crippen molar-refractivity contribution in [3.8, 4) is 16.6 Å². The molecule has 0 aliphatic heterocycles. The average molecular weight is 333 g/mol. The van der Waals surface area contributed by atoms with Crippen molar-refractivity contribution in [2.45, 2.75) is 5.22 Å². The SMILES string of the molecule is COc1ncccc1C(=O)CSc1nnc(-c2cccs2)o1. The molecule has 0 aliphatic rings. The number of Topliss-reactive ketones (excluding diaryl/α,β-unsaturated/α-hetero) is 1. The van der Waals surface area contributed by atoms with Gasteiger partial charge >= 0.3 is 0 Å². The minimum atomic E-state index is -0.106. The number of ether oxygens (including phenoxy) is 1. The van der Waals surface area contributed by atoms with E-state index in [2.05, 4.69) is 15.2 Å². The number of carbonyl (C=O) groups excluding carboxylic acids is 1. The number of aromatic nitrogens is 3. The standard InChI is InChI=1S/C14H11N3O3S2/c1-19-12-9(4-2-6-15-12)10(18)8-22-14-17-16-13(20-14)11-5-3-7-21-11/h2-7H,8H2,1H3. The number of methoxy groups -OCH3 is 1. The second-order valence-electron chi connectivity index (χ2n) is 4.12. The fourth-order valence-corrected chi connectivity index (χ4v) is 3.03. The van der Waals surface area contributed by atoms with Gasteiger partial charge in [0.25, 0.3) is 11.1 Å². The number of thiophene rings is 1. The van der Waals surface area contributed by atoms with Gasteiger partial charge in [-0.15, -0.1) is 21.5 Å². The van der Waals surface area contributed by atoms with E-state index in [1.54, 1.807) is 18.3 Å². The highest BCUT2D eigenvalue weighted by Gasteiger charge is 2.16. The van der Waals surface area contributed by atoms with Gasteiger partial charge in [-0.3, -0.25) is 4.79 Å². The van der Waals surface area contributed by atoms with E-state index in [9.17, 15) is 4.79 Å². The van der Waals surface area contributed by atoms with Crippen molar-refractivity contribution >= 4 is 28.9 Å². The van der Waals surface area contributed by atoms with E-state index in [1.807, 2.05) is 17.5 Å². The van der Waals surface area contributed by atoms with Gasteiger partial charge in [0.1, 0.15) is 0 Å². The first-order valence-electron chi connectivity index (χ1n) is 6.30. The maximum Gasteiger partial charge on any atom is 0.277 e. The zero-order valence-electron chi connectivity index (χ0n) is 11.6. The van der Waals surface area contributed by atoms with Crippen LogP contribution in [-0.2, 0) is 0 Å². The average Bonchev–Trinajstić information content (AvgIpc) is 3.23. The second kappa shape index (κ2) is 6.71. The van der Waals surface area contributed by atoms with Crippen LogP contribution < -0.4 is 4.74 Å². The van der Waals surface area contributed by atoms with E-state index in [-0.39, 0.29) is 11.5 Å². The monoisotopic (exact) mass is 333 g/mol. The van der Waals surface area contributed by atoms with Crippen LogP contribution in [0.2, 0.25) is 0 Å². The maximum atomic E-state index is 12.2. The van der Waals surface area contributed by atoms with E-state index < -0.39 is 0 Å². The van der Waals surface area contributed by atoms with Crippen LogP contribution in [0.3, 0.4) is 0 Å². The first-order chi connectivity index (χ1) is 10.8. The fourth-order valence-electron chi connectivity index (χ4n) is 1.74. The van der Waals surface area contributed by atoms with Crippen molar-refractivity contribution in [1.82, 2.24) is 15.2 Å². The molecule has 0 spiro atoms. The van der Waals surface area contributed by atoms with E-state index in [4.69, 9.17) is 9.15 Å². The van der Waals surface area contributed by atoms with Gasteiger partial charge in [0.2, 0.25) is 5.88 Å². The molecule has 8 heteroatoms. The van der Waals surface area contributed by atoms with Crippen molar-refractivity contribution in [3.05, 3.63) is 41.4 Å². The summed E-state index contributed by atoms with van der Waals surface area (Å²) in [4.78, 5) is 17.1. The summed E-state index contributed by atoms with van der Waals surface area (Å²) in [6.45, 7) is 0. The fraction of sp³-hybridized carbons (Fsp3) is 0.143. The number of rotatable bonds is 6. The Morgan fingerprint density at radius 3 is 3.05 bits per heavy atom. The normalized spacial score (nSPS) is 10.6. The smallest absolute Gasteiger partial charge is 0.277 e. The lowest BCUT2D eigenvalue weighted by molar-refractivity contribution is 0.101. The third-order valence-electron chi connectivity index (χ3n) is 2.73. The molecule has 0 saturated heterocycles. The Labute approximate surface area is 134 Å². The van der Waals surface area contributed by atoms with E-state index >= 15 is 0 Å². The predicted molar refractivity (Wildman–Crippen MR) is 83.5 cm³/mol. The topological polar surface area (TPSA) is 78.1 Å². The molecule has 0 amide bonds. The van der Waals surface area contributed by atoms with Crippen LogP contribution in [0.15, 0.2) is 45.5 Å². The Kier molecular flexibility index (Phi) is 4.50. The van der Waals surface area contributed by atoms with Crippen LogP contribution in [0.1, 0.15) is 10.4 Å². The third kappa shape index (κ3) is 3.18. The van der Waals surface area contributed by atoms with Crippen molar-refractivity contribution in [2.24, 2.45) is 0 Å². The maximum absolute atomic E-state index is 12.2. The lowest BCUT2D eigenvalue weighted by Gasteiger charge is -2.04. The Morgan fingerprint density at radius 2 is 2.27 bits per heavy atom. The summed E-state index contributed by atoms with van der Waals surface area (Å²) in [6, 6.07) is 7.19. The molecule has 0 N–H and O–H groups in total. The Balaban J connectivity index is 1.66. The first kappa shape index (κ1) is 14.7. The van der Waals surface area contributed by atoms with Crippen LogP contribution >= 0.6 is 23.1 Å². The quantitative estimate of drug-likeness (QED) is 0.506. The lowest BCUT2D eigenvalue weighted by Crippen LogP contribution is -2.06. The Bertz CT molecular complexity index is 771. The number of ketones is 1. The van der Waals surface area contributed by atoms with Gasteiger partial charge in [-0.05, 0) is 23.6 Å². The van der Waals surface area contributed by atoms with Gasteiger partial charge in [-0.25, -0.2) is 4.98 Å². The molecule has 3 aromatic heterocycles. The highest BCUT2D eigenvalue weighted by Crippen LogP contribution is 2.27. The van der Waals surface area contributed by atoms with Gasteiger partial charge in [-0.2, -0.15) is 0 Å². The molecule has 0 fully saturated rings. The van der Waals surface area contributed by atoms with Crippen molar-refractivity contribution < 1.29 is 13.9 Å². The molecule has 0 unspecified atom stereocenters. The summed E-state index contributed by atoms with van der Waals surface area (Å²) in [5.41, 5.74) is 0.440. The molecule has 0 saturated carbocycles. The number of thioether (sulfide) groups is 1. The molecule has 3 aromatic rings. The largest absolute Gasteiger partial charge is 0.480 e. The van der Waals surface area contributed by atoms with Gasteiger partial charge in [0, 0.05) is 6.20 Å². The summed E-state index contributed by atoms with van der Waals surface area (Å²) in [6.07, 6.45) is 1.58. The summed E-state index contributed by atoms with van der Waals surface area (Å²) in [5.74, 6) is 0.848. The molecule has 3 rings (SSSR count). The molecular weight excluding hydrogens is 322 g/mol. The molecule has 0 aliphatic carbocycles. The summed E-state index contributed by atoms with van der Waals surface area (Å²) < 4.78 is 10.6. The van der Waals surface area contributed by atoms with Crippen molar-refractivity contribution in [1.29, 1.82) is 0 Å². The van der Waals surface area contributed by atoms with Crippen LogP contribution in [0.25, 0.3) is 10.8 Å². The van der Waals surface area contributed by atoms with Crippen LogP contribution in [0.5, 0.6) is 5.88 Å². The minimum Gasteiger partial charge on any atom is -0.480 e. The van der Waals surface area contributed by atoms with E-state index in [0.29, 0.717) is 22.6 Å². The summed E-state index contributed by atoms with van der Waals surface area (Å²) in [5, 5.41) is 10.2.